The lowest BCUT2D eigenvalue weighted by molar-refractivity contribution is 0.0695. The second-order valence-corrected chi connectivity index (χ2v) is 6.46. The molecule has 26 heavy (non-hydrogen) atoms. The van der Waals surface area contributed by atoms with E-state index >= 15 is 0 Å². The number of rotatable bonds is 4. The van der Waals surface area contributed by atoms with Gasteiger partial charge in [-0.25, -0.2) is 9.48 Å². The Morgan fingerprint density at radius 2 is 1.96 bits per heavy atom. The first-order valence-corrected chi connectivity index (χ1v) is 8.47. The first-order valence-electron chi connectivity index (χ1n) is 7.59. The number of carbonyl (C=O) groups is 1. The van der Waals surface area contributed by atoms with E-state index in [-0.39, 0.29) is 12.1 Å². The van der Waals surface area contributed by atoms with Gasteiger partial charge in [-0.3, -0.25) is 9.36 Å². The van der Waals surface area contributed by atoms with Gasteiger partial charge in [0, 0.05) is 0 Å². The summed E-state index contributed by atoms with van der Waals surface area (Å²) in [5.41, 5.74) is 0.616. The summed E-state index contributed by atoms with van der Waals surface area (Å²) in [5, 5.41) is 29.2. The highest BCUT2D eigenvalue weighted by atomic mass is 32.1. The number of para-hydroxylation sites is 1. The van der Waals surface area contributed by atoms with E-state index in [1.165, 1.54) is 4.57 Å². The number of carboxylic acid groups (broad SMARTS) is 1. The van der Waals surface area contributed by atoms with Gasteiger partial charge >= 0.3 is 5.97 Å². The molecule has 4 aromatic rings. The Morgan fingerprint density at radius 1 is 1.19 bits per heavy atom. The minimum Gasteiger partial charge on any atom is -0.502 e. The van der Waals surface area contributed by atoms with Gasteiger partial charge in [-0.15, -0.1) is 16.4 Å². The number of aromatic carboxylic acids is 1. The molecule has 0 unspecified atom stereocenters. The van der Waals surface area contributed by atoms with Crippen LogP contribution in [-0.4, -0.2) is 35.7 Å². The molecule has 0 spiro atoms. The van der Waals surface area contributed by atoms with Gasteiger partial charge in [0.2, 0.25) is 0 Å². The van der Waals surface area contributed by atoms with Crippen molar-refractivity contribution in [1.82, 2.24) is 19.6 Å². The summed E-state index contributed by atoms with van der Waals surface area (Å²) in [6, 6.07) is 11.0. The van der Waals surface area contributed by atoms with Crippen molar-refractivity contribution < 1.29 is 15.0 Å². The molecule has 0 atom stereocenters. The summed E-state index contributed by atoms with van der Waals surface area (Å²) in [7, 11) is 0. The fourth-order valence-electron chi connectivity index (χ4n) is 2.75. The SMILES string of the molecule is O=C(O)c1c(O)c(=O)n(Cc2cn(-c3ccccc3)nn2)c2ccsc12. The van der Waals surface area contributed by atoms with Gasteiger partial charge < -0.3 is 10.2 Å². The lowest BCUT2D eigenvalue weighted by Gasteiger charge is -2.09. The molecule has 0 fully saturated rings. The van der Waals surface area contributed by atoms with Crippen LogP contribution in [0.2, 0.25) is 0 Å². The standard InChI is InChI=1S/C17H12N4O4S/c22-14-13(17(24)25)15-12(6-7-26-15)20(16(14)23)8-10-9-21(19-18-10)11-4-2-1-3-5-11/h1-7,9,22H,8H2,(H,24,25). The van der Waals surface area contributed by atoms with Crippen molar-refractivity contribution in [3.05, 3.63) is 69.6 Å². The molecule has 1 aromatic carbocycles. The molecule has 0 aliphatic heterocycles. The summed E-state index contributed by atoms with van der Waals surface area (Å²) in [6.45, 7) is 0.0619. The zero-order valence-corrected chi connectivity index (χ0v) is 14.1. The first-order chi connectivity index (χ1) is 12.6. The lowest BCUT2D eigenvalue weighted by atomic mass is 10.2. The molecule has 0 amide bonds. The summed E-state index contributed by atoms with van der Waals surface area (Å²) in [5.74, 6) is -2.11. The summed E-state index contributed by atoms with van der Waals surface area (Å²) in [4.78, 5) is 23.9. The average Bonchev–Trinajstić information content (AvgIpc) is 3.29. The topological polar surface area (TPSA) is 110 Å². The van der Waals surface area contributed by atoms with Gasteiger partial charge in [-0.2, -0.15) is 0 Å². The Bertz CT molecular complexity index is 1180. The number of pyridine rings is 1. The summed E-state index contributed by atoms with van der Waals surface area (Å²) >= 11 is 1.15. The molecular weight excluding hydrogens is 356 g/mol. The maximum absolute atomic E-state index is 12.5. The molecule has 3 heterocycles. The van der Waals surface area contributed by atoms with Gasteiger partial charge in [-0.1, -0.05) is 23.4 Å². The van der Waals surface area contributed by atoms with Crippen molar-refractivity contribution in [2.75, 3.05) is 0 Å². The summed E-state index contributed by atoms with van der Waals surface area (Å²) < 4.78 is 3.22. The van der Waals surface area contributed by atoms with Gasteiger partial charge in [-0.05, 0) is 23.6 Å². The third kappa shape index (κ3) is 2.54. The number of hydrogen-bond donors (Lipinski definition) is 2. The van der Waals surface area contributed by atoms with Crippen molar-refractivity contribution in [2.45, 2.75) is 6.54 Å². The van der Waals surface area contributed by atoms with Crippen LogP contribution in [0.5, 0.6) is 5.75 Å². The molecule has 0 saturated carbocycles. The van der Waals surface area contributed by atoms with Crippen LogP contribution in [-0.2, 0) is 6.54 Å². The predicted molar refractivity (Wildman–Crippen MR) is 95.2 cm³/mol. The zero-order chi connectivity index (χ0) is 18.3. The lowest BCUT2D eigenvalue weighted by Crippen LogP contribution is -2.23. The molecule has 0 saturated heterocycles. The minimum atomic E-state index is -1.34. The molecule has 3 aromatic heterocycles. The molecule has 0 aliphatic carbocycles. The van der Waals surface area contributed by atoms with Gasteiger partial charge in [0.15, 0.2) is 5.75 Å². The highest BCUT2D eigenvalue weighted by Crippen LogP contribution is 2.29. The van der Waals surface area contributed by atoms with Crippen LogP contribution in [0.1, 0.15) is 16.1 Å². The number of thiophene rings is 1. The molecule has 9 heteroatoms. The molecule has 130 valence electrons. The number of fused-ring (bicyclic) bond motifs is 1. The fourth-order valence-corrected chi connectivity index (χ4v) is 3.68. The van der Waals surface area contributed by atoms with Gasteiger partial charge in [0.25, 0.3) is 5.56 Å². The maximum atomic E-state index is 12.5. The van der Waals surface area contributed by atoms with Crippen molar-refractivity contribution in [3.63, 3.8) is 0 Å². The van der Waals surface area contributed by atoms with E-state index in [2.05, 4.69) is 10.3 Å². The quantitative estimate of drug-likeness (QED) is 0.571. The summed E-state index contributed by atoms with van der Waals surface area (Å²) in [6.07, 6.45) is 1.68. The highest BCUT2D eigenvalue weighted by molar-refractivity contribution is 7.17. The first kappa shape index (κ1) is 16.0. The van der Waals surface area contributed by atoms with E-state index < -0.39 is 17.3 Å². The van der Waals surface area contributed by atoms with E-state index in [4.69, 9.17) is 0 Å². The van der Waals surface area contributed by atoms with Crippen LogP contribution in [0.3, 0.4) is 0 Å². The highest BCUT2D eigenvalue weighted by Gasteiger charge is 2.22. The predicted octanol–water partition coefficient (Wildman–Crippen LogP) is 2.10. The molecule has 4 rings (SSSR count). The van der Waals surface area contributed by atoms with Crippen molar-refractivity contribution in [2.24, 2.45) is 0 Å². The Labute approximate surface area is 150 Å². The van der Waals surface area contributed by atoms with Crippen LogP contribution in [0.15, 0.2) is 52.8 Å². The Morgan fingerprint density at radius 3 is 2.69 bits per heavy atom. The van der Waals surface area contributed by atoms with Crippen LogP contribution >= 0.6 is 11.3 Å². The molecule has 0 radical (unpaired) electrons. The maximum Gasteiger partial charge on any atom is 0.341 e. The third-order valence-corrected chi connectivity index (χ3v) is 4.86. The smallest absolute Gasteiger partial charge is 0.341 e. The minimum absolute atomic E-state index is 0.0619. The largest absolute Gasteiger partial charge is 0.502 e. The number of benzene rings is 1. The van der Waals surface area contributed by atoms with E-state index in [1.807, 2.05) is 30.3 Å². The Kier molecular flexibility index (Phi) is 3.77. The van der Waals surface area contributed by atoms with Crippen molar-refractivity contribution in [1.29, 1.82) is 0 Å². The van der Waals surface area contributed by atoms with Crippen LogP contribution < -0.4 is 5.56 Å². The normalized spacial score (nSPS) is 11.1. The zero-order valence-electron chi connectivity index (χ0n) is 13.2. The molecule has 0 bridgehead atoms. The van der Waals surface area contributed by atoms with Crippen molar-refractivity contribution >= 4 is 27.5 Å². The van der Waals surface area contributed by atoms with Gasteiger partial charge in [0.1, 0.15) is 11.3 Å². The van der Waals surface area contributed by atoms with Crippen LogP contribution in [0.25, 0.3) is 15.9 Å². The van der Waals surface area contributed by atoms with Crippen LogP contribution in [0, 0.1) is 0 Å². The molecule has 0 aliphatic rings. The van der Waals surface area contributed by atoms with Gasteiger partial charge in [0.05, 0.1) is 28.6 Å². The number of aromatic hydroxyl groups is 1. The number of aromatic nitrogens is 4. The average molecular weight is 368 g/mol. The monoisotopic (exact) mass is 368 g/mol. The Balaban J connectivity index is 1.80. The number of hydrogen-bond acceptors (Lipinski definition) is 6. The van der Waals surface area contributed by atoms with E-state index in [9.17, 15) is 19.8 Å². The van der Waals surface area contributed by atoms with E-state index in [0.717, 1.165) is 17.0 Å². The molecule has 8 nitrogen and oxygen atoms in total. The van der Waals surface area contributed by atoms with E-state index in [1.54, 1.807) is 22.3 Å². The molecular formula is C17H12N4O4S. The number of carboxylic acids is 1. The second kappa shape index (κ2) is 6.12. The molecule has 2 N–H and O–H groups in total. The third-order valence-electron chi connectivity index (χ3n) is 3.94. The second-order valence-electron chi connectivity index (χ2n) is 5.55. The van der Waals surface area contributed by atoms with E-state index in [0.29, 0.717) is 15.9 Å². The van der Waals surface area contributed by atoms with Crippen molar-refractivity contribution in [3.8, 4) is 11.4 Å². The number of nitrogens with zero attached hydrogens (tertiary/aromatic N) is 4. The van der Waals surface area contributed by atoms with Crippen LogP contribution in [0.4, 0.5) is 0 Å². The Hall–Kier alpha value is -3.46. The fraction of sp³-hybridized carbons (Fsp3) is 0.0588.